The molecule has 0 atom stereocenters. The molecule has 4 aromatic rings. The fraction of sp³-hybridized carbons (Fsp3) is 0.292. The maximum Gasteiger partial charge on any atom is 0.191 e. The van der Waals surface area contributed by atoms with Crippen molar-refractivity contribution in [3.05, 3.63) is 72.2 Å². The number of aromatic nitrogens is 3. The summed E-state index contributed by atoms with van der Waals surface area (Å²) < 4.78 is 2.28. The van der Waals surface area contributed by atoms with Crippen LogP contribution in [-0.2, 0) is 13.1 Å². The van der Waals surface area contributed by atoms with E-state index in [1.54, 1.807) is 0 Å². The Hall–Kier alpha value is -3.41. The molecule has 0 unspecified atom stereocenters. The van der Waals surface area contributed by atoms with Gasteiger partial charge in [0, 0.05) is 31.2 Å². The zero-order chi connectivity index (χ0) is 20.8. The largest absolute Gasteiger partial charge is 0.357 e. The predicted octanol–water partition coefficient (Wildman–Crippen LogP) is 4.04. The third-order valence-electron chi connectivity index (χ3n) is 5.16. The molecular weight excluding hydrogens is 372 g/mol. The van der Waals surface area contributed by atoms with Gasteiger partial charge in [-0.15, -0.1) is 0 Å². The average molecular weight is 401 g/mol. The third kappa shape index (κ3) is 4.43. The van der Waals surface area contributed by atoms with Crippen molar-refractivity contribution in [2.75, 3.05) is 13.1 Å². The van der Waals surface area contributed by atoms with Gasteiger partial charge in [-0.2, -0.15) is 0 Å². The number of imidazole rings is 1. The summed E-state index contributed by atoms with van der Waals surface area (Å²) in [6.07, 6.45) is 2.82. The zero-order valence-corrected chi connectivity index (χ0v) is 17.6. The van der Waals surface area contributed by atoms with Crippen LogP contribution in [0.4, 0.5) is 0 Å². The molecule has 0 fully saturated rings. The minimum Gasteiger partial charge on any atom is -0.357 e. The molecule has 0 saturated heterocycles. The zero-order valence-electron chi connectivity index (χ0n) is 17.6. The summed E-state index contributed by atoms with van der Waals surface area (Å²) in [5, 5.41) is 7.93. The number of rotatable bonds is 7. The summed E-state index contributed by atoms with van der Waals surface area (Å²) in [4.78, 5) is 13.9. The lowest BCUT2D eigenvalue weighted by Crippen LogP contribution is -2.38. The molecule has 0 spiro atoms. The average Bonchev–Trinajstić information content (AvgIpc) is 3.10. The van der Waals surface area contributed by atoms with E-state index in [4.69, 9.17) is 4.99 Å². The first-order valence-corrected chi connectivity index (χ1v) is 10.5. The van der Waals surface area contributed by atoms with E-state index in [2.05, 4.69) is 81.5 Å². The normalized spacial score (nSPS) is 11.9. The van der Waals surface area contributed by atoms with Gasteiger partial charge < -0.3 is 15.2 Å². The highest BCUT2D eigenvalue weighted by atomic mass is 15.2. The van der Waals surface area contributed by atoms with E-state index in [-0.39, 0.29) is 0 Å². The van der Waals surface area contributed by atoms with Crippen LogP contribution in [0.2, 0.25) is 0 Å². The van der Waals surface area contributed by atoms with Crippen molar-refractivity contribution in [2.45, 2.75) is 33.4 Å². The van der Waals surface area contributed by atoms with Crippen molar-refractivity contribution in [3.63, 3.8) is 0 Å². The molecule has 0 aliphatic carbocycles. The van der Waals surface area contributed by atoms with Crippen LogP contribution in [0.5, 0.6) is 0 Å². The Morgan fingerprint density at radius 3 is 2.80 bits per heavy atom. The van der Waals surface area contributed by atoms with Gasteiger partial charge in [-0.1, -0.05) is 36.4 Å². The summed E-state index contributed by atoms with van der Waals surface area (Å²) in [6, 6.07) is 18.6. The van der Waals surface area contributed by atoms with E-state index in [1.165, 1.54) is 5.52 Å². The van der Waals surface area contributed by atoms with E-state index in [1.807, 2.05) is 18.3 Å². The number of pyridine rings is 1. The summed E-state index contributed by atoms with van der Waals surface area (Å²) >= 11 is 0. The Morgan fingerprint density at radius 1 is 1.03 bits per heavy atom. The monoisotopic (exact) mass is 400 g/mol. The number of hydrogen-bond donors (Lipinski definition) is 2. The number of aryl methyl sites for hydroxylation is 2. The summed E-state index contributed by atoms with van der Waals surface area (Å²) in [5.74, 6) is 1.89. The van der Waals surface area contributed by atoms with Crippen molar-refractivity contribution in [2.24, 2.45) is 4.99 Å². The Kier molecular flexibility index (Phi) is 6.23. The SMILES string of the molecule is CCNC(=NCc1cccc2cccnc12)NCCCn1c(C)nc2ccccc21. The second-order valence-corrected chi connectivity index (χ2v) is 7.27. The number of para-hydroxylation sites is 3. The Bertz CT molecular complexity index is 1160. The highest BCUT2D eigenvalue weighted by Gasteiger charge is 2.06. The molecule has 0 aliphatic heterocycles. The molecule has 6 heteroatoms. The van der Waals surface area contributed by atoms with Gasteiger partial charge >= 0.3 is 0 Å². The molecule has 0 amide bonds. The highest BCUT2D eigenvalue weighted by molar-refractivity contribution is 5.83. The maximum absolute atomic E-state index is 4.77. The molecule has 0 radical (unpaired) electrons. The number of nitrogens with one attached hydrogen (secondary N) is 2. The lowest BCUT2D eigenvalue weighted by Gasteiger charge is -2.12. The van der Waals surface area contributed by atoms with Gasteiger partial charge in [0.15, 0.2) is 5.96 Å². The van der Waals surface area contributed by atoms with Gasteiger partial charge in [0.2, 0.25) is 0 Å². The molecule has 2 N–H and O–H groups in total. The lowest BCUT2D eigenvalue weighted by atomic mass is 10.1. The van der Waals surface area contributed by atoms with Crippen molar-refractivity contribution in [3.8, 4) is 0 Å². The predicted molar refractivity (Wildman–Crippen MR) is 124 cm³/mol. The van der Waals surface area contributed by atoms with Crippen LogP contribution in [0.1, 0.15) is 24.7 Å². The highest BCUT2D eigenvalue weighted by Crippen LogP contribution is 2.17. The number of guanidine groups is 1. The first-order valence-electron chi connectivity index (χ1n) is 10.5. The maximum atomic E-state index is 4.77. The Balaban J connectivity index is 1.38. The fourth-order valence-corrected chi connectivity index (χ4v) is 3.72. The fourth-order valence-electron chi connectivity index (χ4n) is 3.72. The number of aliphatic imine (C=N–C) groups is 1. The molecule has 30 heavy (non-hydrogen) atoms. The van der Waals surface area contributed by atoms with Crippen molar-refractivity contribution < 1.29 is 0 Å². The van der Waals surface area contributed by atoms with Gasteiger partial charge in [-0.05, 0) is 44.0 Å². The second-order valence-electron chi connectivity index (χ2n) is 7.27. The summed E-state index contributed by atoms with van der Waals surface area (Å²) in [7, 11) is 0. The van der Waals surface area contributed by atoms with Crippen molar-refractivity contribution >= 4 is 27.9 Å². The first kappa shape index (κ1) is 19.9. The molecular formula is C24H28N6. The molecule has 0 aliphatic rings. The van der Waals surface area contributed by atoms with Crippen LogP contribution in [-0.4, -0.2) is 33.6 Å². The van der Waals surface area contributed by atoms with Crippen LogP contribution < -0.4 is 10.6 Å². The van der Waals surface area contributed by atoms with E-state index >= 15 is 0 Å². The number of benzene rings is 2. The van der Waals surface area contributed by atoms with Crippen molar-refractivity contribution in [1.82, 2.24) is 25.2 Å². The van der Waals surface area contributed by atoms with Gasteiger partial charge in [0.1, 0.15) is 5.82 Å². The third-order valence-corrected chi connectivity index (χ3v) is 5.16. The standard InChI is InChI=1S/C24H28N6/c1-3-25-24(28-17-20-10-6-9-19-11-7-14-26-23(19)20)27-15-8-16-30-18(2)29-21-12-4-5-13-22(21)30/h4-7,9-14H,3,8,15-17H2,1-2H3,(H2,25,27,28). The van der Waals surface area contributed by atoms with Gasteiger partial charge in [-0.25, -0.2) is 9.98 Å². The molecule has 2 heterocycles. The van der Waals surface area contributed by atoms with Gasteiger partial charge in [0.25, 0.3) is 0 Å². The van der Waals surface area contributed by atoms with Crippen LogP contribution in [0.25, 0.3) is 21.9 Å². The van der Waals surface area contributed by atoms with E-state index in [0.29, 0.717) is 6.54 Å². The van der Waals surface area contributed by atoms with Crippen molar-refractivity contribution in [1.29, 1.82) is 0 Å². The smallest absolute Gasteiger partial charge is 0.191 e. The molecule has 0 bridgehead atoms. The van der Waals surface area contributed by atoms with Crippen LogP contribution in [0.15, 0.2) is 65.8 Å². The van der Waals surface area contributed by atoms with E-state index in [0.717, 1.165) is 59.8 Å². The van der Waals surface area contributed by atoms with E-state index < -0.39 is 0 Å². The minimum atomic E-state index is 0.592. The Morgan fingerprint density at radius 2 is 1.90 bits per heavy atom. The number of fused-ring (bicyclic) bond motifs is 2. The molecule has 4 rings (SSSR count). The molecule has 2 aromatic carbocycles. The van der Waals surface area contributed by atoms with Crippen LogP contribution >= 0.6 is 0 Å². The van der Waals surface area contributed by atoms with E-state index in [9.17, 15) is 0 Å². The number of hydrogen-bond acceptors (Lipinski definition) is 3. The minimum absolute atomic E-state index is 0.592. The van der Waals surface area contributed by atoms with Gasteiger partial charge in [-0.3, -0.25) is 4.98 Å². The molecule has 0 saturated carbocycles. The summed E-state index contributed by atoms with van der Waals surface area (Å²) in [5.41, 5.74) is 4.40. The lowest BCUT2D eigenvalue weighted by molar-refractivity contribution is 0.624. The second kappa shape index (κ2) is 9.39. The first-order chi connectivity index (χ1) is 14.8. The molecule has 2 aromatic heterocycles. The van der Waals surface area contributed by atoms with Crippen LogP contribution in [0.3, 0.4) is 0 Å². The number of nitrogens with zero attached hydrogens (tertiary/aromatic N) is 4. The van der Waals surface area contributed by atoms with Gasteiger partial charge in [0.05, 0.1) is 23.1 Å². The summed E-state index contributed by atoms with van der Waals surface area (Å²) in [6.45, 7) is 7.33. The Labute approximate surface area is 177 Å². The molecule has 6 nitrogen and oxygen atoms in total. The quantitative estimate of drug-likeness (QED) is 0.279. The molecule has 154 valence electrons. The van der Waals surface area contributed by atoms with Crippen LogP contribution in [0, 0.1) is 6.92 Å². The topological polar surface area (TPSA) is 67.1 Å².